The second-order valence-electron chi connectivity index (χ2n) is 7.07. The fourth-order valence-corrected chi connectivity index (χ4v) is 3.82. The summed E-state index contributed by atoms with van der Waals surface area (Å²) in [5, 5.41) is 0.669. The van der Waals surface area contributed by atoms with Crippen LogP contribution in [0, 0.1) is 0 Å². The molecule has 2 fully saturated rings. The highest BCUT2D eigenvalue weighted by molar-refractivity contribution is 6.30. The van der Waals surface area contributed by atoms with Crippen LogP contribution in [-0.4, -0.2) is 66.5 Å². The maximum Gasteiger partial charge on any atom is 0.227 e. The van der Waals surface area contributed by atoms with Crippen LogP contribution in [0.4, 0.5) is 0 Å². The van der Waals surface area contributed by atoms with Crippen molar-refractivity contribution in [3.63, 3.8) is 0 Å². The van der Waals surface area contributed by atoms with E-state index in [1.54, 1.807) is 12.1 Å². The van der Waals surface area contributed by atoms with E-state index in [2.05, 4.69) is 0 Å². The lowest BCUT2D eigenvalue weighted by molar-refractivity contribution is -0.162. The van der Waals surface area contributed by atoms with Crippen molar-refractivity contribution in [2.45, 2.75) is 31.3 Å². The van der Waals surface area contributed by atoms with Gasteiger partial charge < -0.3 is 20.3 Å². The predicted molar refractivity (Wildman–Crippen MR) is 99.9 cm³/mol. The summed E-state index contributed by atoms with van der Waals surface area (Å²) < 4.78 is 6.07. The third-order valence-electron chi connectivity index (χ3n) is 5.26. The number of benzene rings is 1. The van der Waals surface area contributed by atoms with E-state index in [0.29, 0.717) is 57.2 Å². The summed E-state index contributed by atoms with van der Waals surface area (Å²) in [4.78, 5) is 28.5. The number of likely N-dealkylation sites (tertiary alicyclic amines) is 1. The van der Waals surface area contributed by atoms with Gasteiger partial charge in [-0.05, 0) is 30.5 Å². The Hall–Kier alpha value is -1.63. The Labute approximate surface area is 159 Å². The molecule has 1 aromatic rings. The van der Waals surface area contributed by atoms with Crippen molar-refractivity contribution in [2.24, 2.45) is 5.73 Å². The maximum absolute atomic E-state index is 12.7. The molecule has 2 N–H and O–H groups in total. The molecule has 0 atom stereocenters. The Kier molecular flexibility index (Phi) is 6.16. The fraction of sp³-hybridized carbons (Fsp3) is 0.579. The van der Waals surface area contributed by atoms with Gasteiger partial charge in [0.1, 0.15) is 0 Å². The molecule has 1 spiro atoms. The second-order valence-corrected chi connectivity index (χ2v) is 7.51. The van der Waals surface area contributed by atoms with E-state index < -0.39 is 0 Å². The molecular weight excluding hydrogens is 354 g/mol. The number of piperidine rings is 1. The topological polar surface area (TPSA) is 75.9 Å². The number of ether oxygens (including phenoxy) is 1. The van der Waals surface area contributed by atoms with Crippen molar-refractivity contribution in [3.05, 3.63) is 34.9 Å². The maximum atomic E-state index is 12.7. The standard InChI is InChI=1S/C19H26ClN3O3/c20-16-3-1-15(2-4-16)13-18(25)23-11-12-26-19(14-23)6-9-22(10-7-19)17(24)5-8-21/h1-4H,5-14,21H2. The zero-order valence-electron chi connectivity index (χ0n) is 15.0. The summed E-state index contributed by atoms with van der Waals surface area (Å²) in [6, 6.07) is 7.38. The van der Waals surface area contributed by atoms with E-state index in [-0.39, 0.29) is 17.4 Å². The number of hydrogen-bond acceptors (Lipinski definition) is 4. The number of nitrogens with zero attached hydrogens (tertiary/aromatic N) is 2. The van der Waals surface area contributed by atoms with Crippen LogP contribution in [0.1, 0.15) is 24.8 Å². The Morgan fingerprint density at radius 3 is 2.42 bits per heavy atom. The first kappa shape index (κ1) is 19.1. The molecule has 2 aliphatic heterocycles. The van der Waals surface area contributed by atoms with Crippen LogP contribution in [0.15, 0.2) is 24.3 Å². The molecule has 2 heterocycles. The molecule has 3 rings (SSSR count). The molecule has 142 valence electrons. The number of halogens is 1. The first-order chi connectivity index (χ1) is 12.5. The Balaban J connectivity index is 1.56. The van der Waals surface area contributed by atoms with Gasteiger partial charge in [-0.15, -0.1) is 0 Å². The van der Waals surface area contributed by atoms with Crippen molar-refractivity contribution in [3.8, 4) is 0 Å². The molecule has 2 amide bonds. The van der Waals surface area contributed by atoms with Crippen molar-refractivity contribution in [2.75, 3.05) is 39.3 Å². The van der Waals surface area contributed by atoms with Gasteiger partial charge in [-0.25, -0.2) is 0 Å². The lowest BCUT2D eigenvalue weighted by Gasteiger charge is -2.47. The first-order valence-electron chi connectivity index (χ1n) is 9.15. The Morgan fingerprint density at radius 2 is 1.77 bits per heavy atom. The number of carbonyl (C=O) groups excluding carboxylic acids is 2. The van der Waals surface area contributed by atoms with E-state index in [9.17, 15) is 9.59 Å². The third-order valence-corrected chi connectivity index (χ3v) is 5.51. The Bertz CT molecular complexity index is 642. The highest BCUT2D eigenvalue weighted by Crippen LogP contribution is 2.30. The van der Waals surface area contributed by atoms with E-state index >= 15 is 0 Å². The molecule has 1 aromatic carbocycles. The van der Waals surface area contributed by atoms with Crippen LogP contribution in [0.2, 0.25) is 5.02 Å². The van der Waals surface area contributed by atoms with Crippen LogP contribution in [0.3, 0.4) is 0 Å². The third kappa shape index (κ3) is 4.55. The molecular formula is C19H26ClN3O3. The summed E-state index contributed by atoms with van der Waals surface area (Å²) in [7, 11) is 0. The first-order valence-corrected chi connectivity index (χ1v) is 9.53. The largest absolute Gasteiger partial charge is 0.371 e. The van der Waals surface area contributed by atoms with E-state index in [4.69, 9.17) is 22.1 Å². The van der Waals surface area contributed by atoms with Gasteiger partial charge in [0.25, 0.3) is 0 Å². The second kappa shape index (κ2) is 8.37. The average molecular weight is 380 g/mol. The summed E-state index contributed by atoms with van der Waals surface area (Å²) >= 11 is 5.90. The van der Waals surface area contributed by atoms with Crippen LogP contribution >= 0.6 is 11.6 Å². The number of amides is 2. The monoisotopic (exact) mass is 379 g/mol. The quantitative estimate of drug-likeness (QED) is 0.859. The Morgan fingerprint density at radius 1 is 1.08 bits per heavy atom. The van der Waals surface area contributed by atoms with Crippen LogP contribution in [0.5, 0.6) is 0 Å². The highest BCUT2D eigenvalue weighted by atomic mass is 35.5. The fourth-order valence-electron chi connectivity index (χ4n) is 3.69. The molecule has 0 aromatic heterocycles. The van der Waals surface area contributed by atoms with Crippen molar-refractivity contribution >= 4 is 23.4 Å². The van der Waals surface area contributed by atoms with Gasteiger partial charge >= 0.3 is 0 Å². The van der Waals surface area contributed by atoms with Crippen LogP contribution in [0.25, 0.3) is 0 Å². The van der Waals surface area contributed by atoms with E-state index in [1.807, 2.05) is 21.9 Å². The van der Waals surface area contributed by atoms with Crippen LogP contribution < -0.4 is 5.73 Å². The highest BCUT2D eigenvalue weighted by Gasteiger charge is 2.41. The number of rotatable bonds is 4. The zero-order valence-corrected chi connectivity index (χ0v) is 15.7. The summed E-state index contributed by atoms with van der Waals surface area (Å²) in [6.45, 7) is 3.46. The minimum atomic E-state index is -0.326. The number of hydrogen-bond donors (Lipinski definition) is 1. The summed E-state index contributed by atoms with van der Waals surface area (Å²) in [5.74, 6) is 0.213. The van der Waals surface area contributed by atoms with Crippen molar-refractivity contribution in [1.29, 1.82) is 0 Å². The lowest BCUT2D eigenvalue weighted by Crippen LogP contribution is -2.58. The molecule has 7 heteroatoms. The van der Waals surface area contributed by atoms with Gasteiger partial charge in [0, 0.05) is 44.2 Å². The lowest BCUT2D eigenvalue weighted by atomic mass is 9.89. The van der Waals surface area contributed by atoms with Crippen molar-refractivity contribution < 1.29 is 14.3 Å². The summed E-state index contributed by atoms with van der Waals surface area (Å²) in [5.41, 5.74) is 6.11. The van der Waals surface area contributed by atoms with Gasteiger partial charge in [0.2, 0.25) is 11.8 Å². The zero-order chi connectivity index (χ0) is 18.6. The molecule has 2 aliphatic rings. The SMILES string of the molecule is NCCC(=O)N1CCC2(CC1)CN(C(=O)Cc1ccc(Cl)cc1)CCO2. The van der Waals surface area contributed by atoms with E-state index in [1.165, 1.54) is 0 Å². The van der Waals surface area contributed by atoms with Crippen molar-refractivity contribution in [1.82, 2.24) is 9.80 Å². The van der Waals surface area contributed by atoms with Gasteiger partial charge in [-0.2, -0.15) is 0 Å². The molecule has 26 heavy (non-hydrogen) atoms. The number of nitrogens with two attached hydrogens (primary N) is 1. The van der Waals surface area contributed by atoms with Gasteiger partial charge in [0.15, 0.2) is 0 Å². The summed E-state index contributed by atoms with van der Waals surface area (Å²) in [6.07, 6.45) is 2.27. The molecule has 0 radical (unpaired) electrons. The normalized spacial score (nSPS) is 19.6. The predicted octanol–water partition coefficient (Wildman–Crippen LogP) is 1.45. The molecule has 0 unspecified atom stereocenters. The smallest absolute Gasteiger partial charge is 0.227 e. The molecule has 6 nitrogen and oxygen atoms in total. The minimum absolute atomic E-state index is 0.105. The molecule has 0 saturated carbocycles. The van der Waals surface area contributed by atoms with Gasteiger partial charge in [-0.1, -0.05) is 23.7 Å². The molecule has 0 bridgehead atoms. The number of morpholine rings is 1. The minimum Gasteiger partial charge on any atom is -0.371 e. The molecule has 2 saturated heterocycles. The van der Waals surface area contributed by atoms with Gasteiger partial charge in [-0.3, -0.25) is 9.59 Å². The van der Waals surface area contributed by atoms with Crippen LogP contribution in [-0.2, 0) is 20.7 Å². The number of carbonyl (C=O) groups is 2. The molecule has 0 aliphatic carbocycles. The van der Waals surface area contributed by atoms with E-state index in [0.717, 1.165) is 18.4 Å². The van der Waals surface area contributed by atoms with Gasteiger partial charge in [0.05, 0.1) is 18.6 Å². The average Bonchev–Trinajstić information content (AvgIpc) is 2.64.